The fraction of sp³-hybridized carbons (Fsp3) is 0.429. The van der Waals surface area contributed by atoms with Crippen LogP contribution in [0.4, 0.5) is 10.7 Å². The maximum absolute atomic E-state index is 11.7. The summed E-state index contributed by atoms with van der Waals surface area (Å²) in [7, 11) is 0. The van der Waals surface area contributed by atoms with Crippen molar-refractivity contribution >= 4 is 23.7 Å². The zero-order valence-corrected chi connectivity index (χ0v) is 13.1. The molecule has 0 unspecified atom stereocenters. The molecule has 2 aromatic heterocycles. The molecule has 0 aliphatic carbocycles. The molecule has 4 N–H and O–H groups in total. The number of hydrogen-bond donors (Lipinski definition) is 3. The largest absolute Gasteiger partial charge is 0.480 e. The van der Waals surface area contributed by atoms with E-state index in [2.05, 4.69) is 15.3 Å². The smallest absolute Gasteiger partial charge is 0.408 e. The van der Waals surface area contributed by atoms with Gasteiger partial charge in [-0.25, -0.2) is 19.6 Å². The summed E-state index contributed by atoms with van der Waals surface area (Å²) in [6.07, 6.45) is 2.24. The Bertz CT molecular complexity index is 734. The number of carbonyl (C=O) groups excluding carboxylic acids is 1. The Morgan fingerprint density at radius 3 is 2.70 bits per heavy atom. The third-order valence-electron chi connectivity index (χ3n) is 2.91. The fourth-order valence-corrected chi connectivity index (χ4v) is 1.99. The van der Waals surface area contributed by atoms with E-state index in [9.17, 15) is 14.7 Å². The van der Waals surface area contributed by atoms with Gasteiger partial charge in [0.15, 0.2) is 0 Å². The first-order valence-electron chi connectivity index (χ1n) is 6.95. The Hall–Kier alpha value is -2.84. The topological polar surface area (TPSA) is 132 Å². The van der Waals surface area contributed by atoms with E-state index >= 15 is 0 Å². The van der Waals surface area contributed by atoms with Crippen molar-refractivity contribution in [2.24, 2.45) is 0 Å². The summed E-state index contributed by atoms with van der Waals surface area (Å²) >= 11 is 0. The average molecular weight is 321 g/mol. The monoisotopic (exact) mass is 321 g/mol. The molecule has 124 valence electrons. The van der Waals surface area contributed by atoms with Crippen LogP contribution in [0.5, 0.6) is 0 Å². The lowest BCUT2D eigenvalue weighted by molar-refractivity contribution is -0.139. The molecule has 0 aliphatic rings. The van der Waals surface area contributed by atoms with Crippen molar-refractivity contribution in [1.82, 2.24) is 19.7 Å². The third-order valence-corrected chi connectivity index (χ3v) is 2.91. The number of fused-ring (bicyclic) bond motifs is 1. The van der Waals surface area contributed by atoms with Crippen molar-refractivity contribution in [3.63, 3.8) is 0 Å². The first-order chi connectivity index (χ1) is 10.7. The van der Waals surface area contributed by atoms with Gasteiger partial charge < -0.3 is 20.9 Å². The van der Waals surface area contributed by atoms with Gasteiger partial charge in [-0.3, -0.25) is 4.40 Å². The predicted octanol–water partition coefficient (Wildman–Crippen LogP) is 0.832. The van der Waals surface area contributed by atoms with Gasteiger partial charge in [-0.15, -0.1) is 0 Å². The molecule has 0 saturated carbocycles. The van der Waals surface area contributed by atoms with Crippen LogP contribution >= 0.6 is 0 Å². The van der Waals surface area contributed by atoms with Gasteiger partial charge in [0.25, 0.3) is 0 Å². The number of nitrogens with one attached hydrogen (secondary N) is 1. The molecule has 2 aromatic rings. The van der Waals surface area contributed by atoms with Crippen molar-refractivity contribution in [3.05, 3.63) is 24.2 Å². The van der Waals surface area contributed by atoms with E-state index in [0.717, 1.165) is 0 Å². The van der Waals surface area contributed by atoms with Crippen molar-refractivity contribution in [2.75, 3.05) is 5.73 Å². The number of amides is 1. The lowest BCUT2D eigenvalue weighted by Crippen LogP contribution is -2.44. The number of carboxylic acid groups (broad SMARTS) is 1. The van der Waals surface area contributed by atoms with E-state index < -0.39 is 23.7 Å². The van der Waals surface area contributed by atoms with E-state index in [0.29, 0.717) is 11.2 Å². The Labute approximate surface area is 132 Å². The van der Waals surface area contributed by atoms with Gasteiger partial charge in [-0.2, -0.15) is 0 Å². The molecule has 0 radical (unpaired) electrons. The van der Waals surface area contributed by atoms with Crippen LogP contribution in [0.3, 0.4) is 0 Å². The minimum Gasteiger partial charge on any atom is -0.480 e. The molecule has 9 heteroatoms. The molecule has 0 aliphatic heterocycles. The van der Waals surface area contributed by atoms with Gasteiger partial charge >= 0.3 is 12.1 Å². The molecule has 0 bridgehead atoms. The standard InChI is InChI=1S/C14H19N5O4/c1-14(2,3)23-13(22)18-9(11(20)21)4-8-5-10-16-7-17-12(15)19(10)6-8/h5-7,9H,4H2,1-3H3,(H,18,22)(H,20,21)(H2,15,16,17)/t9-/m1/s1. The van der Waals surface area contributed by atoms with Gasteiger partial charge in [0.05, 0.1) is 0 Å². The highest BCUT2D eigenvalue weighted by molar-refractivity contribution is 5.80. The van der Waals surface area contributed by atoms with E-state index in [1.54, 1.807) is 37.4 Å². The highest BCUT2D eigenvalue weighted by atomic mass is 16.6. The van der Waals surface area contributed by atoms with Crippen LogP contribution < -0.4 is 11.1 Å². The minimum absolute atomic E-state index is 0.0668. The molecule has 0 fully saturated rings. The highest BCUT2D eigenvalue weighted by Crippen LogP contribution is 2.13. The molecule has 0 saturated heterocycles. The summed E-state index contributed by atoms with van der Waals surface area (Å²) in [5.41, 5.74) is 6.21. The Morgan fingerprint density at radius 1 is 1.43 bits per heavy atom. The Kier molecular flexibility index (Phi) is 4.39. The number of anilines is 1. The third kappa shape index (κ3) is 4.31. The van der Waals surface area contributed by atoms with Crippen LogP contribution in [-0.2, 0) is 16.0 Å². The second-order valence-electron chi connectivity index (χ2n) is 6.05. The number of alkyl carbamates (subject to hydrolysis) is 1. The van der Waals surface area contributed by atoms with Gasteiger partial charge in [0.1, 0.15) is 23.6 Å². The summed E-state index contributed by atoms with van der Waals surface area (Å²) < 4.78 is 6.62. The second kappa shape index (κ2) is 6.11. The number of hydrogen-bond acceptors (Lipinski definition) is 6. The summed E-state index contributed by atoms with van der Waals surface area (Å²) in [4.78, 5) is 31.0. The summed E-state index contributed by atoms with van der Waals surface area (Å²) in [6, 6.07) is 0.557. The van der Waals surface area contributed by atoms with Crippen LogP contribution in [0.2, 0.25) is 0 Å². The van der Waals surface area contributed by atoms with Gasteiger partial charge in [-0.05, 0) is 32.4 Å². The van der Waals surface area contributed by atoms with Gasteiger partial charge in [0, 0.05) is 12.6 Å². The van der Waals surface area contributed by atoms with E-state index in [1.807, 2.05) is 0 Å². The van der Waals surface area contributed by atoms with E-state index in [-0.39, 0.29) is 12.4 Å². The molecule has 2 heterocycles. The van der Waals surface area contributed by atoms with Crippen molar-refractivity contribution in [3.8, 4) is 0 Å². The minimum atomic E-state index is -1.16. The Morgan fingerprint density at radius 2 is 2.13 bits per heavy atom. The van der Waals surface area contributed by atoms with Crippen LogP contribution in [-0.4, -0.2) is 43.2 Å². The van der Waals surface area contributed by atoms with Crippen LogP contribution in [0.25, 0.3) is 5.65 Å². The molecule has 23 heavy (non-hydrogen) atoms. The molecule has 2 rings (SSSR count). The number of rotatable bonds is 4. The fourth-order valence-electron chi connectivity index (χ4n) is 1.99. The molecular weight excluding hydrogens is 302 g/mol. The zero-order chi connectivity index (χ0) is 17.2. The van der Waals surface area contributed by atoms with E-state index in [4.69, 9.17) is 10.5 Å². The van der Waals surface area contributed by atoms with E-state index in [1.165, 1.54) is 6.33 Å². The van der Waals surface area contributed by atoms with Gasteiger partial charge in [0.2, 0.25) is 5.95 Å². The summed E-state index contributed by atoms with van der Waals surface area (Å²) in [5, 5.41) is 11.6. The first kappa shape index (κ1) is 16.5. The average Bonchev–Trinajstić information content (AvgIpc) is 2.79. The zero-order valence-electron chi connectivity index (χ0n) is 13.1. The molecule has 0 spiro atoms. The van der Waals surface area contributed by atoms with Crippen LogP contribution in [0.15, 0.2) is 18.6 Å². The number of aliphatic carboxylic acids is 1. The summed E-state index contributed by atoms with van der Waals surface area (Å²) in [6.45, 7) is 5.10. The normalized spacial score (nSPS) is 12.8. The lowest BCUT2D eigenvalue weighted by Gasteiger charge is -2.21. The molecule has 1 amide bonds. The highest BCUT2D eigenvalue weighted by Gasteiger charge is 2.24. The number of aromatic nitrogens is 3. The summed E-state index contributed by atoms with van der Waals surface area (Å²) in [5.74, 6) is -0.918. The van der Waals surface area contributed by atoms with Crippen LogP contribution in [0.1, 0.15) is 26.3 Å². The number of nitrogens with two attached hydrogens (primary N) is 1. The molecule has 1 atom stereocenters. The SMILES string of the molecule is CC(C)(C)OC(=O)N[C@H](Cc1cc2ncnc(N)n2c1)C(=O)O. The van der Waals surface area contributed by atoms with Crippen molar-refractivity contribution in [2.45, 2.75) is 38.8 Å². The van der Waals surface area contributed by atoms with Gasteiger partial charge in [-0.1, -0.05) is 0 Å². The predicted molar refractivity (Wildman–Crippen MR) is 81.9 cm³/mol. The number of nitrogen functional groups attached to an aromatic ring is 1. The second-order valence-corrected chi connectivity index (χ2v) is 6.05. The maximum atomic E-state index is 11.7. The quantitative estimate of drug-likeness (QED) is 0.759. The molecular formula is C14H19N5O4. The maximum Gasteiger partial charge on any atom is 0.408 e. The number of carbonyl (C=O) groups is 2. The van der Waals surface area contributed by atoms with Crippen molar-refractivity contribution < 1.29 is 19.4 Å². The number of carboxylic acids is 1. The Balaban J connectivity index is 2.13. The lowest BCUT2D eigenvalue weighted by atomic mass is 10.1. The van der Waals surface area contributed by atoms with Crippen molar-refractivity contribution in [1.29, 1.82) is 0 Å². The number of nitrogens with zero attached hydrogens (tertiary/aromatic N) is 3. The first-order valence-corrected chi connectivity index (χ1v) is 6.95. The van der Waals surface area contributed by atoms with Crippen LogP contribution in [0, 0.1) is 0 Å². The molecule has 9 nitrogen and oxygen atoms in total. The number of ether oxygens (including phenoxy) is 1. The molecule has 0 aromatic carbocycles.